The van der Waals surface area contributed by atoms with Gasteiger partial charge in [-0.25, -0.2) is 0 Å². The second-order valence-electron chi connectivity index (χ2n) is 9.04. The molecule has 3 aromatic rings. The zero-order valence-corrected chi connectivity index (χ0v) is 20.7. The Hall–Kier alpha value is -3.82. The minimum atomic E-state index is -4.59. The van der Waals surface area contributed by atoms with Crippen LogP contribution in [0.1, 0.15) is 35.4 Å². The molecule has 0 aliphatic heterocycles. The summed E-state index contributed by atoms with van der Waals surface area (Å²) in [4.78, 5) is 28.0. The third kappa shape index (κ3) is 6.12. The minimum Gasteiger partial charge on any atom is -0.497 e. The standard InChI is InChI=1S/C27H29F3N4O3/c1-33(19-12-14-20(37-2)15-13-19)26(36)22(16-18-8-4-3-5-9-18)31-24(35)17-34-23-11-7-6-10-21(23)25(32-34)27(28,29)30/h3-5,8-9,12-15,22H,6-7,10-11,16-17H2,1-2H3,(H,31,35). The molecule has 1 atom stereocenters. The molecular weight excluding hydrogens is 485 g/mol. The Morgan fingerprint density at radius 2 is 1.76 bits per heavy atom. The van der Waals surface area contributed by atoms with Gasteiger partial charge in [0.25, 0.3) is 0 Å². The van der Waals surface area contributed by atoms with Crippen molar-refractivity contribution in [2.75, 3.05) is 19.1 Å². The van der Waals surface area contributed by atoms with Crippen molar-refractivity contribution in [2.45, 2.75) is 50.9 Å². The Morgan fingerprint density at radius 3 is 2.41 bits per heavy atom. The molecular formula is C27H29F3N4O3. The van der Waals surface area contributed by atoms with Crippen molar-refractivity contribution in [3.8, 4) is 5.75 Å². The number of nitrogens with zero attached hydrogens (tertiary/aromatic N) is 3. The Labute approximate surface area is 213 Å². The number of hydrogen-bond acceptors (Lipinski definition) is 4. The predicted molar refractivity (Wildman–Crippen MR) is 132 cm³/mol. The molecule has 1 aromatic heterocycles. The first kappa shape index (κ1) is 26.2. The van der Waals surface area contributed by atoms with Gasteiger partial charge in [-0.1, -0.05) is 30.3 Å². The van der Waals surface area contributed by atoms with Gasteiger partial charge in [0.05, 0.1) is 7.11 Å². The third-order valence-electron chi connectivity index (χ3n) is 6.52. The molecule has 37 heavy (non-hydrogen) atoms. The Bertz CT molecular complexity index is 1240. The van der Waals surface area contributed by atoms with Gasteiger partial charge in [0.1, 0.15) is 18.3 Å². The number of ether oxygens (including phenoxy) is 1. The zero-order chi connectivity index (χ0) is 26.6. The summed E-state index contributed by atoms with van der Waals surface area (Å²) >= 11 is 0. The average molecular weight is 515 g/mol. The van der Waals surface area contributed by atoms with Crippen LogP contribution in [0.4, 0.5) is 18.9 Å². The van der Waals surface area contributed by atoms with Crippen molar-refractivity contribution in [2.24, 2.45) is 0 Å². The third-order valence-corrected chi connectivity index (χ3v) is 6.52. The molecule has 1 unspecified atom stereocenters. The van der Waals surface area contributed by atoms with Crippen LogP contribution >= 0.6 is 0 Å². The van der Waals surface area contributed by atoms with Gasteiger partial charge in [0.15, 0.2) is 5.69 Å². The Balaban J connectivity index is 1.55. The molecule has 1 aliphatic rings. The van der Waals surface area contributed by atoms with Crippen molar-refractivity contribution in [3.05, 3.63) is 77.1 Å². The number of halogens is 3. The summed E-state index contributed by atoms with van der Waals surface area (Å²) in [6.07, 6.45) is -2.27. The van der Waals surface area contributed by atoms with Crippen LogP contribution in [0.25, 0.3) is 0 Å². The SMILES string of the molecule is COc1ccc(N(C)C(=O)C(Cc2ccccc2)NC(=O)Cn2nc(C(F)(F)F)c3c2CCCC3)cc1. The molecule has 0 spiro atoms. The summed E-state index contributed by atoms with van der Waals surface area (Å²) in [5.74, 6) is -0.303. The number of rotatable bonds is 8. The van der Waals surface area contributed by atoms with E-state index in [-0.39, 0.29) is 24.3 Å². The highest BCUT2D eigenvalue weighted by Crippen LogP contribution is 2.35. The first-order valence-electron chi connectivity index (χ1n) is 12.1. The summed E-state index contributed by atoms with van der Waals surface area (Å²) < 4.78 is 47.0. The molecule has 1 N–H and O–H groups in total. The van der Waals surface area contributed by atoms with E-state index in [1.54, 1.807) is 38.4 Å². The van der Waals surface area contributed by atoms with Crippen LogP contribution in [0, 0.1) is 0 Å². The first-order chi connectivity index (χ1) is 17.7. The summed E-state index contributed by atoms with van der Waals surface area (Å²) in [5, 5.41) is 6.51. The van der Waals surface area contributed by atoms with Crippen LogP contribution in [0.2, 0.25) is 0 Å². The van der Waals surface area contributed by atoms with Gasteiger partial charge in [0.2, 0.25) is 11.8 Å². The first-order valence-corrected chi connectivity index (χ1v) is 12.1. The maximum atomic E-state index is 13.5. The summed E-state index contributed by atoms with van der Waals surface area (Å²) in [5.41, 5.74) is 1.12. The van der Waals surface area contributed by atoms with E-state index < -0.39 is 30.4 Å². The second-order valence-corrected chi connectivity index (χ2v) is 9.04. The lowest BCUT2D eigenvalue weighted by molar-refractivity contribution is -0.142. The van der Waals surface area contributed by atoms with Crippen molar-refractivity contribution >= 4 is 17.5 Å². The topological polar surface area (TPSA) is 76.5 Å². The van der Waals surface area contributed by atoms with Crippen LogP contribution < -0.4 is 15.0 Å². The number of methoxy groups -OCH3 is 1. The molecule has 2 aromatic carbocycles. The monoisotopic (exact) mass is 514 g/mol. The van der Waals surface area contributed by atoms with Crippen LogP contribution in [0.3, 0.4) is 0 Å². The van der Waals surface area contributed by atoms with E-state index in [0.29, 0.717) is 30.0 Å². The summed E-state index contributed by atoms with van der Waals surface area (Å²) in [6, 6.07) is 15.2. The van der Waals surface area contributed by atoms with E-state index in [9.17, 15) is 22.8 Å². The number of likely N-dealkylation sites (N-methyl/N-ethyl adjacent to an activating group) is 1. The maximum Gasteiger partial charge on any atom is 0.435 e. The fourth-order valence-corrected chi connectivity index (χ4v) is 4.62. The van der Waals surface area contributed by atoms with Gasteiger partial charge in [-0.05, 0) is 55.5 Å². The largest absolute Gasteiger partial charge is 0.497 e. The lowest BCUT2D eigenvalue weighted by atomic mass is 9.95. The van der Waals surface area contributed by atoms with E-state index in [1.807, 2.05) is 30.3 Å². The van der Waals surface area contributed by atoms with E-state index >= 15 is 0 Å². The van der Waals surface area contributed by atoms with E-state index in [0.717, 1.165) is 16.7 Å². The molecule has 7 nitrogen and oxygen atoms in total. The molecule has 0 radical (unpaired) electrons. The smallest absolute Gasteiger partial charge is 0.435 e. The van der Waals surface area contributed by atoms with E-state index in [2.05, 4.69) is 10.4 Å². The van der Waals surface area contributed by atoms with E-state index in [4.69, 9.17) is 4.74 Å². The lowest BCUT2D eigenvalue weighted by Gasteiger charge is -2.25. The van der Waals surface area contributed by atoms with Gasteiger partial charge in [-0.3, -0.25) is 14.3 Å². The molecule has 196 valence electrons. The van der Waals surface area contributed by atoms with Crippen molar-refractivity contribution in [3.63, 3.8) is 0 Å². The fraction of sp³-hybridized carbons (Fsp3) is 0.370. The number of amides is 2. The molecule has 1 heterocycles. The number of aromatic nitrogens is 2. The number of hydrogen-bond donors (Lipinski definition) is 1. The van der Waals surface area contributed by atoms with Crippen molar-refractivity contribution < 1.29 is 27.5 Å². The second kappa shape index (κ2) is 11.1. The fourth-order valence-electron chi connectivity index (χ4n) is 4.62. The lowest BCUT2D eigenvalue weighted by Crippen LogP contribution is -2.49. The van der Waals surface area contributed by atoms with Crippen LogP contribution in [0.5, 0.6) is 5.75 Å². The van der Waals surface area contributed by atoms with Gasteiger partial charge < -0.3 is 15.0 Å². The number of carbonyl (C=O) groups is 2. The highest BCUT2D eigenvalue weighted by Gasteiger charge is 2.39. The highest BCUT2D eigenvalue weighted by molar-refractivity contribution is 5.99. The van der Waals surface area contributed by atoms with Crippen LogP contribution in [-0.4, -0.2) is 41.8 Å². The molecule has 0 fully saturated rings. The molecule has 0 saturated carbocycles. The maximum absolute atomic E-state index is 13.5. The molecule has 1 aliphatic carbocycles. The van der Waals surface area contributed by atoms with Gasteiger partial charge in [0, 0.05) is 30.4 Å². The zero-order valence-electron chi connectivity index (χ0n) is 20.7. The minimum absolute atomic E-state index is 0.169. The molecule has 0 bridgehead atoms. The molecule has 2 amide bonds. The van der Waals surface area contributed by atoms with Crippen LogP contribution in [-0.2, 0) is 41.6 Å². The number of benzene rings is 2. The number of carbonyl (C=O) groups excluding carboxylic acids is 2. The van der Waals surface area contributed by atoms with E-state index in [1.165, 1.54) is 4.90 Å². The molecule has 0 saturated heterocycles. The quantitative estimate of drug-likeness (QED) is 0.490. The predicted octanol–water partition coefficient (Wildman–Crippen LogP) is 4.18. The highest BCUT2D eigenvalue weighted by atomic mass is 19.4. The number of alkyl halides is 3. The summed E-state index contributed by atoms with van der Waals surface area (Å²) in [7, 11) is 3.15. The van der Waals surface area contributed by atoms with Gasteiger partial charge in [-0.2, -0.15) is 18.3 Å². The van der Waals surface area contributed by atoms with Gasteiger partial charge in [-0.15, -0.1) is 0 Å². The number of anilines is 1. The number of nitrogens with one attached hydrogen (secondary N) is 1. The van der Waals surface area contributed by atoms with Crippen molar-refractivity contribution in [1.82, 2.24) is 15.1 Å². The number of fused-ring (bicyclic) bond motifs is 1. The average Bonchev–Trinajstić information content (AvgIpc) is 3.27. The molecule has 4 rings (SSSR count). The summed E-state index contributed by atoms with van der Waals surface area (Å²) in [6.45, 7) is -0.400. The molecule has 10 heteroatoms. The van der Waals surface area contributed by atoms with Gasteiger partial charge >= 0.3 is 6.18 Å². The van der Waals surface area contributed by atoms with Crippen LogP contribution in [0.15, 0.2) is 54.6 Å². The Kier molecular flexibility index (Phi) is 7.85. The normalized spacial score (nSPS) is 14.0. The van der Waals surface area contributed by atoms with Crippen molar-refractivity contribution in [1.29, 1.82) is 0 Å². The Morgan fingerprint density at radius 1 is 1.08 bits per heavy atom.